The second-order valence-corrected chi connectivity index (χ2v) is 3.77. The van der Waals surface area contributed by atoms with E-state index in [0.29, 0.717) is 6.42 Å². The predicted octanol–water partition coefficient (Wildman–Crippen LogP) is 0.849. The molecule has 1 aromatic carbocycles. The Morgan fingerprint density at radius 2 is 2.15 bits per heavy atom. The van der Waals surface area contributed by atoms with E-state index < -0.39 is 10.7 Å². The third kappa shape index (κ3) is 3.46. The molecule has 13 heavy (non-hydrogen) atoms. The van der Waals surface area contributed by atoms with Gasteiger partial charge in [-0.2, -0.15) is 0 Å². The third-order valence-electron chi connectivity index (χ3n) is 1.72. The van der Waals surface area contributed by atoms with E-state index in [-0.39, 0.29) is 5.75 Å². The third-order valence-corrected chi connectivity index (χ3v) is 2.31. The van der Waals surface area contributed by atoms with E-state index in [0.717, 1.165) is 11.3 Å². The van der Waals surface area contributed by atoms with Crippen molar-refractivity contribution < 1.29 is 13.2 Å². The molecule has 0 aromatic heterocycles. The van der Waals surface area contributed by atoms with Crippen molar-refractivity contribution >= 4 is 10.7 Å². The molecule has 0 aliphatic rings. The number of hydrogen-bond acceptors (Lipinski definition) is 3. The summed E-state index contributed by atoms with van der Waals surface area (Å²) in [4.78, 5) is 0. The SMILES string of the molecule is COc1cccc(CC[SH](=O)=O)c1. The molecular weight excluding hydrogens is 188 g/mol. The molecule has 0 atom stereocenters. The summed E-state index contributed by atoms with van der Waals surface area (Å²) in [6, 6.07) is 7.42. The maximum atomic E-state index is 10.3. The number of methoxy groups -OCH3 is 1. The molecule has 0 aliphatic heterocycles. The molecule has 0 N–H and O–H groups in total. The van der Waals surface area contributed by atoms with E-state index >= 15 is 0 Å². The van der Waals surface area contributed by atoms with E-state index in [1.165, 1.54) is 0 Å². The number of rotatable bonds is 4. The van der Waals surface area contributed by atoms with Gasteiger partial charge in [-0.25, -0.2) is 8.42 Å². The highest BCUT2D eigenvalue weighted by Gasteiger charge is 1.96. The Morgan fingerprint density at radius 1 is 1.38 bits per heavy atom. The number of thiol groups is 1. The van der Waals surface area contributed by atoms with E-state index in [2.05, 4.69) is 0 Å². The van der Waals surface area contributed by atoms with Crippen LogP contribution in [0.2, 0.25) is 0 Å². The zero-order valence-electron chi connectivity index (χ0n) is 7.40. The number of benzene rings is 1. The first-order chi connectivity index (χ1) is 6.22. The molecule has 0 heterocycles. The zero-order valence-corrected chi connectivity index (χ0v) is 8.29. The Labute approximate surface area is 79.3 Å². The minimum Gasteiger partial charge on any atom is -0.497 e. The Morgan fingerprint density at radius 3 is 2.77 bits per heavy atom. The lowest BCUT2D eigenvalue weighted by molar-refractivity contribution is 0.414. The van der Waals surface area contributed by atoms with Crippen LogP contribution in [0.25, 0.3) is 0 Å². The second kappa shape index (κ2) is 4.87. The van der Waals surface area contributed by atoms with Crippen molar-refractivity contribution in [2.24, 2.45) is 0 Å². The number of ether oxygens (including phenoxy) is 1. The van der Waals surface area contributed by atoms with E-state index in [1.54, 1.807) is 7.11 Å². The Hall–Kier alpha value is -1.03. The molecule has 0 fully saturated rings. The maximum Gasteiger partial charge on any atom is 0.140 e. The maximum absolute atomic E-state index is 10.3. The van der Waals surface area contributed by atoms with Crippen molar-refractivity contribution in [3.8, 4) is 5.75 Å². The molecule has 1 aromatic rings. The van der Waals surface area contributed by atoms with Gasteiger partial charge in [0.25, 0.3) is 0 Å². The van der Waals surface area contributed by atoms with E-state index in [4.69, 9.17) is 4.74 Å². The lowest BCUT2D eigenvalue weighted by Crippen LogP contribution is -1.94. The van der Waals surface area contributed by atoms with Crippen molar-refractivity contribution in [2.75, 3.05) is 12.9 Å². The van der Waals surface area contributed by atoms with Crippen molar-refractivity contribution in [1.82, 2.24) is 0 Å². The second-order valence-electron chi connectivity index (χ2n) is 2.66. The van der Waals surface area contributed by atoms with Gasteiger partial charge in [-0.3, -0.25) is 0 Å². The van der Waals surface area contributed by atoms with Crippen LogP contribution in [0, 0.1) is 0 Å². The van der Waals surface area contributed by atoms with Gasteiger partial charge in [-0.1, -0.05) is 12.1 Å². The average molecular weight is 200 g/mol. The fraction of sp³-hybridized carbons (Fsp3) is 0.333. The van der Waals surface area contributed by atoms with Crippen LogP contribution in [0.5, 0.6) is 5.75 Å². The molecule has 1 rings (SSSR count). The van der Waals surface area contributed by atoms with Gasteiger partial charge in [0, 0.05) is 0 Å². The standard InChI is InChI=1S/C9H12O3S/c1-12-9-4-2-3-8(7-9)5-6-13(10)11/h2-4,7,13H,5-6H2,1H3. The minimum absolute atomic E-state index is 0.197. The predicted molar refractivity (Wildman–Crippen MR) is 51.9 cm³/mol. The highest BCUT2D eigenvalue weighted by molar-refractivity contribution is 7.72. The van der Waals surface area contributed by atoms with Crippen LogP contribution in [0.4, 0.5) is 0 Å². The number of hydrogen-bond donors (Lipinski definition) is 1. The Balaban J connectivity index is 2.66. The fourth-order valence-corrected chi connectivity index (χ4v) is 1.49. The topological polar surface area (TPSA) is 43.4 Å². The molecule has 0 unspecified atom stereocenters. The zero-order chi connectivity index (χ0) is 9.68. The van der Waals surface area contributed by atoms with Crippen molar-refractivity contribution in [3.63, 3.8) is 0 Å². The molecule has 0 radical (unpaired) electrons. The van der Waals surface area contributed by atoms with Crippen LogP contribution in [-0.4, -0.2) is 21.3 Å². The van der Waals surface area contributed by atoms with Crippen LogP contribution in [0.3, 0.4) is 0 Å². The van der Waals surface area contributed by atoms with Crippen molar-refractivity contribution in [2.45, 2.75) is 6.42 Å². The first kappa shape index (κ1) is 10.1. The monoisotopic (exact) mass is 200 g/mol. The molecule has 0 aliphatic carbocycles. The Kier molecular flexibility index (Phi) is 3.76. The normalized spacial score (nSPS) is 10.3. The molecule has 0 bridgehead atoms. The molecular formula is C9H12O3S. The van der Waals surface area contributed by atoms with Gasteiger partial charge in [0.1, 0.15) is 16.5 Å². The van der Waals surface area contributed by atoms with Crippen LogP contribution >= 0.6 is 0 Å². The number of aryl methyl sites for hydroxylation is 1. The van der Waals surface area contributed by atoms with E-state index in [1.807, 2.05) is 24.3 Å². The summed E-state index contributed by atoms with van der Waals surface area (Å²) < 4.78 is 25.7. The smallest absolute Gasteiger partial charge is 0.140 e. The van der Waals surface area contributed by atoms with Gasteiger partial charge < -0.3 is 4.74 Å². The summed E-state index contributed by atoms with van der Waals surface area (Å²) in [5.41, 5.74) is 0.985. The summed E-state index contributed by atoms with van der Waals surface area (Å²) in [5.74, 6) is 0.960. The first-order valence-electron chi connectivity index (χ1n) is 3.97. The van der Waals surface area contributed by atoms with Gasteiger partial charge in [-0.05, 0) is 24.1 Å². The summed E-state index contributed by atoms with van der Waals surface area (Å²) in [5, 5.41) is 0. The first-order valence-corrected chi connectivity index (χ1v) is 5.33. The van der Waals surface area contributed by atoms with Crippen LogP contribution in [0.15, 0.2) is 24.3 Å². The van der Waals surface area contributed by atoms with Gasteiger partial charge >= 0.3 is 0 Å². The highest BCUT2D eigenvalue weighted by atomic mass is 32.2. The summed E-state index contributed by atoms with van der Waals surface area (Å²) in [7, 11) is -0.688. The largest absolute Gasteiger partial charge is 0.497 e. The van der Waals surface area contributed by atoms with Crippen molar-refractivity contribution in [3.05, 3.63) is 29.8 Å². The van der Waals surface area contributed by atoms with Gasteiger partial charge in [0.05, 0.1) is 12.9 Å². The summed E-state index contributed by atoms with van der Waals surface area (Å²) >= 11 is 0. The van der Waals surface area contributed by atoms with Crippen molar-refractivity contribution in [1.29, 1.82) is 0 Å². The quantitative estimate of drug-likeness (QED) is 0.733. The molecule has 0 amide bonds. The summed E-state index contributed by atoms with van der Waals surface area (Å²) in [6.45, 7) is 0. The van der Waals surface area contributed by atoms with Crippen LogP contribution < -0.4 is 4.74 Å². The highest BCUT2D eigenvalue weighted by Crippen LogP contribution is 2.12. The van der Waals surface area contributed by atoms with Crippen LogP contribution in [-0.2, 0) is 17.1 Å². The van der Waals surface area contributed by atoms with Gasteiger partial charge in [0.15, 0.2) is 0 Å². The lowest BCUT2D eigenvalue weighted by Gasteiger charge is -2.01. The minimum atomic E-state index is -2.28. The summed E-state index contributed by atoms with van der Waals surface area (Å²) in [6.07, 6.45) is 0.551. The fourth-order valence-electron chi connectivity index (χ4n) is 1.05. The Bertz CT molecular complexity index is 336. The molecule has 0 saturated carbocycles. The molecule has 72 valence electrons. The lowest BCUT2D eigenvalue weighted by atomic mass is 10.2. The average Bonchev–Trinajstić information content (AvgIpc) is 2.15. The van der Waals surface area contributed by atoms with Gasteiger partial charge in [-0.15, -0.1) is 0 Å². The molecule has 0 saturated heterocycles. The molecule has 4 heteroatoms. The van der Waals surface area contributed by atoms with Crippen LogP contribution in [0.1, 0.15) is 5.56 Å². The molecule has 0 spiro atoms. The molecule has 3 nitrogen and oxygen atoms in total. The van der Waals surface area contributed by atoms with Gasteiger partial charge in [0.2, 0.25) is 0 Å². The van der Waals surface area contributed by atoms with E-state index in [9.17, 15) is 8.42 Å².